The number of rotatable bonds is 4. The summed E-state index contributed by atoms with van der Waals surface area (Å²) in [5.41, 5.74) is 2.23. The predicted octanol–water partition coefficient (Wildman–Crippen LogP) is 2.40. The van der Waals surface area contributed by atoms with Gasteiger partial charge in [0.15, 0.2) is 11.6 Å². The van der Waals surface area contributed by atoms with E-state index in [9.17, 15) is 9.59 Å². The molecule has 0 aliphatic heterocycles. The lowest BCUT2D eigenvalue weighted by molar-refractivity contribution is 0.101. The summed E-state index contributed by atoms with van der Waals surface area (Å²) >= 11 is 0. The molecule has 4 rings (SSSR count). The maximum Gasteiger partial charge on any atom is 0.262 e. The molecule has 2 heterocycles. The molecule has 7 nitrogen and oxygen atoms in total. The Bertz CT molecular complexity index is 1190. The largest absolute Gasteiger partial charge is 0.378 e. The van der Waals surface area contributed by atoms with Crippen molar-refractivity contribution in [2.75, 3.05) is 5.32 Å². The first kappa shape index (κ1) is 16.0. The molecule has 1 N–H and O–H groups in total. The van der Waals surface area contributed by atoms with E-state index in [0.29, 0.717) is 29.1 Å². The average molecular weight is 347 g/mol. The summed E-state index contributed by atoms with van der Waals surface area (Å²) < 4.78 is 3.38. The van der Waals surface area contributed by atoms with Crippen molar-refractivity contribution in [2.24, 2.45) is 7.05 Å². The van der Waals surface area contributed by atoms with Crippen LogP contribution in [0.25, 0.3) is 16.7 Å². The fourth-order valence-electron chi connectivity index (χ4n) is 3.01. The van der Waals surface area contributed by atoms with Crippen molar-refractivity contribution in [2.45, 2.75) is 13.5 Å². The van der Waals surface area contributed by atoms with Gasteiger partial charge in [-0.2, -0.15) is 0 Å². The quantitative estimate of drug-likeness (QED) is 0.573. The Hall–Kier alpha value is -3.48. The molecule has 130 valence electrons. The second-order valence-electron chi connectivity index (χ2n) is 6.12. The number of ketones is 1. The van der Waals surface area contributed by atoms with Crippen LogP contribution in [0.3, 0.4) is 0 Å². The minimum atomic E-state index is -0.0974. The summed E-state index contributed by atoms with van der Waals surface area (Å²) in [4.78, 5) is 23.8. The van der Waals surface area contributed by atoms with E-state index in [2.05, 4.69) is 15.5 Å². The van der Waals surface area contributed by atoms with Gasteiger partial charge in [0.1, 0.15) is 0 Å². The Balaban J connectivity index is 1.73. The summed E-state index contributed by atoms with van der Waals surface area (Å²) in [5.74, 6) is 1.23. The second kappa shape index (κ2) is 6.11. The number of benzene rings is 2. The van der Waals surface area contributed by atoms with Crippen molar-refractivity contribution in [1.29, 1.82) is 0 Å². The summed E-state index contributed by atoms with van der Waals surface area (Å²) in [6, 6.07) is 14.7. The van der Waals surface area contributed by atoms with Gasteiger partial charge in [-0.05, 0) is 43.3 Å². The van der Waals surface area contributed by atoms with Crippen LogP contribution in [0.2, 0.25) is 0 Å². The number of aryl methyl sites for hydroxylation is 1. The standard InChI is InChI=1S/C19H17N5O2/c1-12(25)13-7-9-14(10-8-13)20-11-17-21-22-19-23(2)18(26)15-5-3-4-6-16(15)24(17)19/h3-10,20H,11H2,1-2H3. The number of hydrogen-bond donors (Lipinski definition) is 1. The molecule has 26 heavy (non-hydrogen) atoms. The van der Waals surface area contributed by atoms with Crippen LogP contribution < -0.4 is 10.9 Å². The molecule has 4 aromatic rings. The Labute approximate surface area is 148 Å². The molecule has 0 spiro atoms. The molecule has 0 fully saturated rings. The van der Waals surface area contributed by atoms with Gasteiger partial charge in [0.05, 0.1) is 17.4 Å². The smallest absolute Gasteiger partial charge is 0.262 e. The minimum Gasteiger partial charge on any atom is -0.378 e. The van der Waals surface area contributed by atoms with Gasteiger partial charge in [0, 0.05) is 18.3 Å². The zero-order valence-corrected chi connectivity index (χ0v) is 14.4. The first-order valence-corrected chi connectivity index (χ1v) is 8.23. The fraction of sp³-hybridized carbons (Fsp3) is 0.158. The first-order chi connectivity index (χ1) is 12.6. The van der Waals surface area contributed by atoms with E-state index >= 15 is 0 Å². The van der Waals surface area contributed by atoms with Gasteiger partial charge >= 0.3 is 0 Å². The summed E-state index contributed by atoms with van der Waals surface area (Å²) in [6.07, 6.45) is 0. The number of para-hydroxylation sites is 1. The Morgan fingerprint density at radius 2 is 1.81 bits per heavy atom. The number of nitrogens with zero attached hydrogens (tertiary/aromatic N) is 4. The van der Waals surface area contributed by atoms with Crippen molar-refractivity contribution in [1.82, 2.24) is 19.2 Å². The van der Waals surface area contributed by atoms with Gasteiger partial charge in [0.2, 0.25) is 5.78 Å². The third-order valence-corrected chi connectivity index (χ3v) is 4.44. The lowest BCUT2D eigenvalue weighted by Gasteiger charge is -2.09. The van der Waals surface area contributed by atoms with E-state index in [-0.39, 0.29) is 11.3 Å². The van der Waals surface area contributed by atoms with Crippen LogP contribution in [0.15, 0.2) is 53.3 Å². The van der Waals surface area contributed by atoms with Gasteiger partial charge < -0.3 is 5.32 Å². The highest BCUT2D eigenvalue weighted by Gasteiger charge is 2.14. The minimum absolute atomic E-state index is 0.0346. The SMILES string of the molecule is CC(=O)c1ccc(NCc2nnc3n(C)c(=O)c4ccccc4n23)cc1. The Kier molecular flexibility index (Phi) is 3.76. The molecule has 0 saturated carbocycles. The van der Waals surface area contributed by atoms with Crippen LogP contribution in [0.1, 0.15) is 23.1 Å². The third-order valence-electron chi connectivity index (χ3n) is 4.44. The topological polar surface area (TPSA) is 81.3 Å². The molecule has 0 amide bonds. The van der Waals surface area contributed by atoms with E-state index in [0.717, 1.165) is 11.2 Å². The van der Waals surface area contributed by atoms with E-state index in [1.54, 1.807) is 32.2 Å². The maximum atomic E-state index is 12.5. The maximum absolute atomic E-state index is 12.5. The number of fused-ring (bicyclic) bond motifs is 3. The summed E-state index contributed by atoms with van der Waals surface area (Å²) in [5, 5.41) is 12.3. The van der Waals surface area contributed by atoms with E-state index in [1.807, 2.05) is 34.7 Å². The fourth-order valence-corrected chi connectivity index (χ4v) is 3.01. The van der Waals surface area contributed by atoms with Crippen molar-refractivity contribution >= 4 is 28.2 Å². The number of carbonyl (C=O) groups is 1. The normalized spacial score (nSPS) is 11.2. The highest BCUT2D eigenvalue weighted by Crippen LogP contribution is 2.16. The van der Waals surface area contributed by atoms with Crippen LogP contribution in [0.4, 0.5) is 5.69 Å². The molecule has 0 unspecified atom stereocenters. The van der Waals surface area contributed by atoms with Crippen LogP contribution in [-0.2, 0) is 13.6 Å². The molecule has 7 heteroatoms. The molecular formula is C19H17N5O2. The van der Waals surface area contributed by atoms with Gasteiger partial charge in [0.25, 0.3) is 5.56 Å². The Morgan fingerprint density at radius 3 is 2.54 bits per heavy atom. The van der Waals surface area contributed by atoms with Crippen molar-refractivity contribution < 1.29 is 4.79 Å². The van der Waals surface area contributed by atoms with Crippen LogP contribution >= 0.6 is 0 Å². The molecule has 0 saturated heterocycles. The van der Waals surface area contributed by atoms with Gasteiger partial charge in [-0.3, -0.25) is 18.6 Å². The molecule has 0 bridgehead atoms. The summed E-state index contributed by atoms with van der Waals surface area (Å²) in [7, 11) is 1.69. The number of anilines is 1. The number of aromatic nitrogens is 4. The number of Topliss-reactive ketones (excluding diaryl/α,β-unsaturated/α-hetero) is 1. The highest BCUT2D eigenvalue weighted by molar-refractivity contribution is 5.94. The van der Waals surface area contributed by atoms with Crippen molar-refractivity contribution in [3.63, 3.8) is 0 Å². The van der Waals surface area contributed by atoms with Crippen molar-refractivity contribution in [3.8, 4) is 0 Å². The van der Waals surface area contributed by atoms with Crippen LogP contribution in [0.5, 0.6) is 0 Å². The first-order valence-electron chi connectivity index (χ1n) is 8.23. The second-order valence-corrected chi connectivity index (χ2v) is 6.12. The van der Waals surface area contributed by atoms with Crippen LogP contribution in [0, 0.1) is 0 Å². The lowest BCUT2D eigenvalue weighted by atomic mass is 10.1. The highest BCUT2D eigenvalue weighted by atomic mass is 16.1. The molecule has 0 radical (unpaired) electrons. The van der Waals surface area contributed by atoms with Gasteiger partial charge in [-0.25, -0.2) is 0 Å². The molecular weight excluding hydrogens is 330 g/mol. The summed E-state index contributed by atoms with van der Waals surface area (Å²) in [6.45, 7) is 1.98. The third kappa shape index (κ3) is 2.54. The molecule has 0 aliphatic rings. The predicted molar refractivity (Wildman–Crippen MR) is 99.5 cm³/mol. The van der Waals surface area contributed by atoms with E-state index in [4.69, 9.17) is 0 Å². The molecule has 2 aromatic heterocycles. The molecule has 2 aromatic carbocycles. The molecule has 0 atom stereocenters. The van der Waals surface area contributed by atoms with Crippen LogP contribution in [-0.4, -0.2) is 24.9 Å². The number of carbonyl (C=O) groups excluding carboxylic acids is 1. The number of hydrogen-bond acceptors (Lipinski definition) is 5. The zero-order valence-electron chi connectivity index (χ0n) is 14.4. The average Bonchev–Trinajstić information content (AvgIpc) is 3.09. The monoisotopic (exact) mass is 347 g/mol. The van der Waals surface area contributed by atoms with Gasteiger partial charge in [-0.1, -0.05) is 12.1 Å². The van der Waals surface area contributed by atoms with E-state index < -0.39 is 0 Å². The van der Waals surface area contributed by atoms with Gasteiger partial charge in [-0.15, -0.1) is 10.2 Å². The van der Waals surface area contributed by atoms with E-state index in [1.165, 1.54) is 4.57 Å². The number of nitrogens with one attached hydrogen (secondary N) is 1. The van der Waals surface area contributed by atoms with Crippen molar-refractivity contribution in [3.05, 3.63) is 70.3 Å². The molecule has 0 aliphatic carbocycles. The lowest BCUT2D eigenvalue weighted by Crippen LogP contribution is -2.20. The zero-order chi connectivity index (χ0) is 18.3. The Morgan fingerprint density at radius 1 is 1.08 bits per heavy atom.